The van der Waals surface area contributed by atoms with Crippen molar-refractivity contribution in [1.82, 2.24) is 8.61 Å². The Hall–Kier alpha value is -0.970. The fourth-order valence-corrected chi connectivity index (χ4v) is 6.25. The fourth-order valence-electron chi connectivity index (χ4n) is 2.68. The van der Waals surface area contributed by atoms with Gasteiger partial charge >= 0.3 is 0 Å². The van der Waals surface area contributed by atoms with E-state index in [1.807, 2.05) is 0 Å². The van der Waals surface area contributed by atoms with Crippen molar-refractivity contribution in [3.05, 3.63) is 58.0 Å². The lowest BCUT2D eigenvalue weighted by Crippen LogP contribution is -2.50. The molecule has 1 saturated heterocycles. The zero-order valence-corrected chi connectivity index (χ0v) is 17.5. The molecule has 0 aromatic heterocycles. The first-order chi connectivity index (χ1) is 12.2. The first-order valence-electron chi connectivity index (χ1n) is 7.73. The Bertz CT molecular complexity index is 1000. The van der Waals surface area contributed by atoms with E-state index in [1.165, 1.54) is 45.0 Å². The normalized spacial score (nSPS) is 17.3. The van der Waals surface area contributed by atoms with Crippen LogP contribution in [0.5, 0.6) is 0 Å². The third kappa shape index (κ3) is 3.97. The Morgan fingerprint density at radius 2 is 1.27 bits per heavy atom. The molecule has 1 fully saturated rings. The average molecular weight is 480 g/mol. The summed E-state index contributed by atoms with van der Waals surface area (Å²) in [5.74, 6) is 0. The van der Waals surface area contributed by atoms with Crippen LogP contribution in [0.1, 0.15) is 0 Å². The summed E-state index contributed by atoms with van der Waals surface area (Å²) in [4.78, 5) is 0.325. The largest absolute Gasteiger partial charge is 0.243 e. The monoisotopic (exact) mass is 478 g/mol. The lowest BCUT2D eigenvalue weighted by Gasteiger charge is -2.33. The van der Waals surface area contributed by atoms with E-state index >= 15 is 0 Å². The van der Waals surface area contributed by atoms with Gasteiger partial charge < -0.3 is 0 Å². The molecule has 1 aliphatic rings. The van der Waals surface area contributed by atoms with Crippen molar-refractivity contribution in [3.63, 3.8) is 0 Å². The Morgan fingerprint density at radius 3 is 1.77 bits per heavy atom. The maximum atomic E-state index is 12.7. The van der Waals surface area contributed by atoms with Crippen LogP contribution >= 0.6 is 27.5 Å². The number of piperazine rings is 1. The van der Waals surface area contributed by atoms with Gasteiger partial charge in [0, 0.05) is 35.7 Å². The molecule has 3 rings (SSSR count). The van der Waals surface area contributed by atoms with Gasteiger partial charge in [0.1, 0.15) is 0 Å². The molecule has 6 nitrogen and oxygen atoms in total. The predicted octanol–water partition coefficient (Wildman–Crippen LogP) is 2.80. The Labute approximate surface area is 166 Å². The van der Waals surface area contributed by atoms with Crippen LogP contribution in [0.15, 0.2) is 62.8 Å². The zero-order chi connectivity index (χ0) is 18.9. The lowest BCUT2D eigenvalue weighted by atomic mass is 10.4. The van der Waals surface area contributed by atoms with Gasteiger partial charge in [-0.3, -0.25) is 0 Å². The number of rotatable bonds is 4. The highest BCUT2D eigenvalue weighted by atomic mass is 79.9. The summed E-state index contributed by atoms with van der Waals surface area (Å²) in [7, 11) is -7.33. The molecule has 0 N–H and O–H groups in total. The van der Waals surface area contributed by atoms with Gasteiger partial charge in [-0.25, -0.2) is 16.8 Å². The average Bonchev–Trinajstić information content (AvgIpc) is 2.62. The van der Waals surface area contributed by atoms with Crippen molar-refractivity contribution in [2.24, 2.45) is 0 Å². The molecule has 0 bridgehead atoms. The number of halogens is 2. The van der Waals surface area contributed by atoms with E-state index in [0.717, 1.165) is 0 Å². The molecule has 2 aromatic rings. The summed E-state index contributed by atoms with van der Waals surface area (Å²) < 4.78 is 54.1. The summed E-state index contributed by atoms with van der Waals surface area (Å²) in [6.45, 7) is 0.389. The standard InChI is InChI=1S/C16H16BrClN2O4S2/c17-13-2-1-3-16(12-13)26(23,24)20-10-8-19(9-11-20)25(21,22)15-6-4-14(18)5-7-15/h1-7,12H,8-11H2. The number of hydrogen-bond donors (Lipinski definition) is 0. The van der Waals surface area contributed by atoms with Gasteiger partial charge in [-0.15, -0.1) is 0 Å². The van der Waals surface area contributed by atoms with E-state index in [4.69, 9.17) is 11.6 Å². The van der Waals surface area contributed by atoms with Crippen molar-refractivity contribution < 1.29 is 16.8 Å². The van der Waals surface area contributed by atoms with Gasteiger partial charge in [0.2, 0.25) is 20.0 Å². The molecular weight excluding hydrogens is 464 g/mol. The molecule has 0 saturated carbocycles. The highest BCUT2D eigenvalue weighted by molar-refractivity contribution is 9.10. The molecule has 26 heavy (non-hydrogen) atoms. The number of sulfonamides is 2. The van der Waals surface area contributed by atoms with Crippen LogP contribution < -0.4 is 0 Å². The predicted molar refractivity (Wildman–Crippen MR) is 103 cm³/mol. The van der Waals surface area contributed by atoms with Gasteiger partial charge in [-0.2, -0.15) is 8.61 Å². The smallest absolute Gasteiger partial charge is 0.207 e. The van der Waals surface area contributed by atoms with E-state index in [9.17, 15) is 16.8 Å². The van der Waals surface area contributed by atoms with Crippen molar-refractivity contribution in [1.29, 1.82) is 0 Å². The van der Waals surface area contributed by atoms with Crippen LogP contribution in [0.3, 0.4) is 0 Å². The van der Waals surface area contributed by atoms with E-state index in [-0.39, 0.29) is 36.0 Å². The molecule has 0 radical (unpaired) electrons. The highest BCUT2D eigenvalue weighted by Gasteiger charge is 2.33. The molecule has 140 valence electrons. The third-order valence-corrected chi connectivity index (χ3v) is 8.64. The Morgan fingerprint density at radius 1 is 0.769 bits per heavy atom. The lowest BCUT2D eigenvalue weighted by molar-refractivity contribution is 0.273. The van der Waals surface area contributed by atoms with Crippen molar-refractivity contribution in [2.75, 3.05) is 26.2 Å². The Balaban J connectivity index is 1.75. The van der Waals surface area contributed by atoms with Gasteiger partial charge in [-0.1, -0.05) is 33.6 Å². The second-order valence-electron chi connectivity index (χ2n) is 5.72. The molecule has 0 amide bonds. The summed E-state index contributed by atoms with van der Waals surface area (Å²) in [6, 6.07) is 12.4. The second kappa shape index (κ2) is 7.57. The van der Waals surface area contributed by atoms with Crippen LogP contribution in [0.4, 0.5) is 0 Å². The minimum absolute atomic E-state index is 0.0954. The molecule has 0 spiro atoms. The van der Waals surface area contributed by atoms with E-state index in [2.05, 4.69) is 15.9 Å². The Kier molecular flexibility index (Phi) is 5.76. The maximum Gasteiger partial charge on any atom is 0.243 e. The van der Waals surface area contributed by atoms with Crippen LogP contribution in [0.2, 0.25) is 5.02 Å². The highest BCUT2D eigenvalue weighted by Crippen LogP contribution is 2.24. The quantitative estimate of drug-likeness (QED) is 0.676. The van der Waals surface area contributed by atoms with Crippen LogP contribution in [-0.4, -0.2) is 51.6 Å². The molecule has 0 aliphatic carbocycles. The molecule has 0 atom stereocenters. The van der Waals surface area contributed by atoms with E-state index in [1.54, 1.807) is 12.1 Å². The summed E-state index contributed by atoms with van der Waals surface area (Å²) in [6.07, 6.45) is 0. The summed E-state index contributed by atoms with van der Waals surface area (Å²) in [5, 5.41) is 0.453. The third-order valence-electron chi connectivity index (χ3n) is 4.08. The minimum atomic E-state index is -3.67. The van der Waals surface area contributed by atoms with Gasteiger partial charge in [0.05, 0.1) is 9.79 Å². The SMILES string of the molecule is O=S(=O)(c1ccc(Cl)cc1)N1CCN(S(=O)(=O)c2cccc(Br)c2)CC1. The summed E-state index contributed by atoms with van der Waals surface area (Å²) in [5.41, 5.74) is 0. The van der Waals surface area contributed by atoms with Crippen molar-refractivity contribution in [3.8, 4) is 0 Å². The molecule has 2 aromatic carbocycles. The molecule has 10 heteroatoms. The van der Waals surface area contributed by atoms with Crippen molar-refractivity contribution in [2.45, 2.75) is 9.79 Å². The first-order valence-corrected chi connectivity index (χ1v) is 11.8. The van der Waals surface area contributed by atoms with Gasteiger partial charge in [0.15, 0.2) is 0 Å². The molecule has 0 unspecified atom stereocenters. The van der Waals surface area contributed by atoms with Gasteiger partial charge in [-0.05, 0) is 42.5 Å². The molecule has 1 aliphatic heterocycles. The minimum Gasteiger partial charge on any atom is -0.207 e. The van der Waals surface area contributed by atoms with Crippen molar-refractivity contribution >= 4 is 47.6 Å². The molecule has 1 heterocycles. The van der Waals surface area contributed by atoms with Crippen LogP contribution in [0.25, 0.3) is 0 Å². The van der Waals surface area contributed by atoms with E-state index < -0.39 is 20.0 Å². The maximum absolute atomic E-state index is 12.7. The summed E-state index contributed by atoms with van der Waals surface area (Å²) >= 11 is 9.07. The topological polar surface area (TPSA) is 74.8 Å². The van der Waals surface area contributed by atoms with Gasteiger partial charge in [0.25, 0.3) is 0 Å². The van der Waals surface area contributed by atoms with E-state index in [0.29, 0.717) is 9.50 Å². The number of hydrogen-bond acceptors (Lipinski definition) is 4. The number of benzene rings is 2. The van der Waals surface area contributed by atoms with Crippen LogP contribution in [0, 0.1) is 0 Å². The number of nitrogens with zero attached hydrogens (tertiary/aromatic N) is 2. The van der Waals surface area contributed by atoms with Crippen LogP contribution in [-0.2, 0) is 20.0 Å². The zero-order valence-electron chi connectivity index (χ0n) is 13.5. The first kappa shape index (κ1) is 19.8. The molecular formula is C16H16BrClN2O4S2. The second-order valence-corrected chi connectivity index (χ2v) is 10.9. The fraction of sp³-hybridized carbons (Fsp3) is 0.250.